The average Bonchev–Trinajstić information content (AvgIpc) is 2.79. The number of anilines is 1. The van der Waals surface area contributed by atoms with Crippen LogP contribution in [0.3, 0.4) is 0 Å². The van der Waals surface area contributed by atoms with Crippen LogP contribution in [-0.2, 0) is 6.42 Å². The van der Waals surface area contributed by atoms with Gasteiger partial charge in [0.05, 0.1) is 5.56 Å². The Hall–Kier alpha value is -1.68. The molecule has 1 N–H and O–H groups in total. The van der Waals surface area contributed by atoms with Gasteiger partial charge in [-0.15, -0.1) is 11.3 Å². The van der Waals surface area contributed by atoms with Crippen molar-refractivity contribution in [2.75, 3.05) is 5.32 Å². The maximum Gasteiger partial charge on any atom is 0.256 e. The predicted molar refractivity (Wildman–Crippen MR) is 70.5 cm³/mol. The van der Waals surface area contributed by atoms with E-state index in [2.05, 4.69) is 17.2 Å². The van der Waals surface area contributed by atoms with Crippen molar-refractivity contribution in [1.29, 1.82) is 0 Å². The maximum absolute atomic E-state index is 11.9. The summed E-state index contributed by atoms with van der Waals surface area (Å²) in [4.78, 5) is 17.1. The number of aryl methyl sites for hydroxylation is 1. The van der Waals surface area contributed by atoms with Crippen molar-refractivity contribution in [2.45, 2.75) is 19.8 Å². The predicted octanol–water partition coefficient (Wildman–Crippen LogP) is 3.35. The molecule has 0 aliphatic heterocycles. The molecule has 17 heavy (non-hydrogen) atoms. The van der Waals surface area contributed by atoms with Crippen molar-refractivity contribution in [2.24, 2.45) is 0 Å². The van der Waals surface area contributed by atoms with E-state index in [0.717, 1.165) is 24.1 Å². The summed E-state index contributed by atoms with van der Waals surface area (Å²) in [6, 6.07) is 5.51. The van der Waals surface area contributed by atoms with Gasteiger partial charge >= 0.3 is 0 Å². The van der Waals surface area contributed by atoms with Gasteiger partial charge in [0.2, 0.25) is 0 Å². The number of nitrogens with zero attached hydrogens (tertiary/aromatic N) is 1. The number of hydrogen-bond acceptors (Lipinski definition) is 3. The van der Waals surface area contributed by atoms with Gasteiger partial charge in [0.25, 0.3) is 5.91 Å². The van der Waals surface area contributed by atoms with Crippen LogP contribution in [0.4, 0.5) is 5.69 Å². The maximum atomic E-state index is 11.9. The number of thiophene rings is 1. The van der Waals surface area contributed by atoms with Crippen LogP contribution in [-0.4, -0.2) is 10.9 Å². The van der Waals surface area contributed by atoms with Crippen molar-refractivity contribution in [3.8, 4) is 0 Å². The van der Waals surface area contributed by atoms with Crippen LogP contribution in [0.5, 0.6) is 0 Å². The van der Waals surface area contributed by atoms with E-state index in [1.807, 2.05) is 11.4 Å². The van der Waals surface area contributed by atoms with Gasteiger partial charge in [-0.25, -0.2) is 0 Å². The molecule has 0 aromatic carbocycles. The zero-order valence-corrected chi connectivity index (χ0v) is 10.5. The minimum atomic E-state index is -0.0604. The number of rotatable bonds is 4. The van der Waals surface area contributed by atoms with E-state index in [0.29, 0.717) is 0 Å². The summed E-state index contributed by atoms with van der Waals surface area (Å²) in [6.45, 7) is 2.14. The molecule has 0 aliphatic carbocycles. The standard InChI is InChI=1S/C13H14N2OS/c1-2-3-12-8-10(9-17-12)13(16)15-11-4-6-14-7-5-11/h4-9H,2-3H2,1H3,(H,14,15,16). The lowest BCUT2D eigenvalue weighted by molar-refractivity contribution is 0.102. The zero-order valence-electron chi connectivity index (χ0n) is 9.64. The summed E-state index contributed by atoms with van der Waals surface area (Å²) in [5.74, 6) is -0.0604. The third-order valence-corrected chi connectivity index (χ3v) is 3.35. The van der Waals surface area contributed by atoms with Gasteiger partial charge in [-0.2, -0.15) is 0 Å². The second-order valence-corrected chi connectivity index (χ2v) is 4.74. The van der Waals surface area contributed by atoms with E-state index < -0.39 is 0 Å². The first-order chi connectivity index (χ1) is 8.29. The molecule has 3 nitrogen and oxygen atoms in total. The zero-order chi connectivity index (χ0) is 12.1. The van der Waals surface area contributed by atoms with Crippen molar-refractivity contribution < 1.29 is 4.79 Å². The van der Waals surface area contributed by atoms with Gasteiger partial charge in [-0.05, 0) is 24.6 Å². The molecule has 1 amide bonds. The smallest absolute Gasteiger partial charge is 0.256 e. The topological polar surface area (TPSA) is 42.0 Å². The largest absolute Gasteiger partial charge is 0.322 e. The molecule has 2 aromatic heterocycles. The van der Waals surface area contributed by atoms with E-state index in [1.54, 1.807) is 35.9 Å². The summed E-state index contributed by atoms with van der Waals surface area (Å²) >= 11 is 1.64. The molecule has 2 rings (SSSR count). The van der Waals surface area contributed by atoms with Crippen LogP contribution in [0, 0.1) is 0 Å². The first-order valence-electron chi connectivity index (χ1n) is 5.58. The number of pyridine rings is 1. The Balaban J connectivity index is 2.04. The highest BCUT2D eigenvalue weighted by atomic mass is 32.1. The van der Waals surface area contributed by atoms with Gasteiger partial charge in [0, 0.05) is 28.3 Å². The monoisotopic (exact) mass is 246 g/mol. The molecule has 0 atom stereocenters. The minimum absolute atomic E-state index is 0.0604. The molecule has 0 saturated heterocycles. The third-order valence-electron chi connectivity index (χ3n) is 2.35. The van der Waals surface area contributed by atoms with Gasteiger partial charge in [-0.1, -0.05) is 13.3 Å². The summed E-state index contributed by atoms with van der Waals surface area (Å²) in [5.41, 5.74) is 1.50. The Morgan fingerprint density at radius 1 is 1.41 bits per heavy atom. The second-order valence-electron chi connectivity index (χ2n) is 3.74. The molecule has 0 saturated carbocycles. The van der Waals surface area contributed by atoms with E-state index in [9.17, 15) is 4.79 Å². The van der Waals surface area contributed by atoms with Crippen molar-refractivity contribution >= 4 is 22.9 Å². The lowest BCUT2D eigenvalue weighted by atomic mass is 10.2. The third kappa shape index (κ3) is 3.14. The number of hydrogen-bond donors (Lipinski definition) is 1. The average molecular weight is 246 g/mol. The van der Waals surface area contributed by atoms with Crippen molar-refractivity contribution in [1.82, 2.24) is 4.98 Å². The van der Waals surface area contributed by atoms with Crippen LogP contribution in [0.2, 0.25) is 0 Å². The lowest BCUT2D eigenvalue weighted by Gasteiger charge is -2.02. The lowest BCUT2D eigenvalue weighted by Crippen LogP contribution is -2.10. The minimum Gasteiger partial charge on any atom is -0.322 e. The van der Waals surface area contributed by atoms with Gasteiger partial charge in [-0.3, -0.25) is 9.78 Å². The quantitative estimate of drug-likeness (QED) is 0.899. The molecule has 0 bridgehead atoms. The van der Waals surface area contributed by atoms with Crippen LogP contribution in [0.25, 0.3) is 0 Å². The summed E-state index contributed by atoms with van der Waals surface area (Å²) in [5, 5.41) is 4.75. The van der Waals surface area contributed by atoms with Crippen LogP contribution in [0.1, 0.15) is 28.6 Å². The molecule has 0 spiro atoms. The molecule has 0 unspecified atom stereocenters. The fraction of sp³-hybridized carbons (Fsp3) is 0.231. The van der Waals surface area contributed by atoms with E-state index >= 15 is 0 Å². The summed E-state index contributed by atoms with van der Waals surface area (Å²) in [6.07, 6.45) is 5.45. The molecule has 0 radical (unpaired) electrons. The number of carbonyl (C=O) groups excluding carboxylic acids is 1. The first kappa shape index (κ1) is 11.8. The van der Waals surface area contributed by atoms with Gasteiger partial charge in [0.1, 0.15) is 0 Å². The fourth-order valence-corrected chi connectivity index (χ4v) is 2.49. The SMILES string of the molecule is CCCc1cc(C(=O)Nc2ccncc2)cs1. The molecule has 2 aromatic rings. The van der Waals surface area contributed by atoms with E-state index in [-0.39, 0.29) is 5.91 Å². The highest BCUT2D eigenvalue weighted by Crippen LogP contribution is 2.17. The van der Waals surface area contributed by atoms with Gasteiger partial charge in [0.15, 0.2) is 0 Å². The molecular formula is C13H14N2OS. The van der Waals surface area contributed by atoms with Gasteiger partial charge < -0.3 is 5.32 Å². The number of aromatic nitrogens is 1. The summed E-state index contributed by atoms with van der Waals surface area (Å²) < 4.78 is 0. The normalized spacial score (nSPS) is 10.2. The second kappa shape index (κ2) is 5.59. The molecular weight excluding hydrogens is 232 g/mol. The highest BCUT2D eigenvalue weighted by molar-refractivity contribution is 7.10. The Bertz CT molecular complexity index is 493. The molecule has 88 valence electrons. The number of nitrogens with one attached hydrogen (secondary N) is 1. The molecule has 4 heteroatoms. The van der Waals surface area contributed by atoms with Crippen LogP contribution >= 0.6 is 11.3 Å². The van der Waals surface area contributed by atoms with Crippen molar-refractivity contribution in [3.63, 3.8) is 0 Å². The van der Waals surface area contributed by atoms with Crippen LogP contribution in [0.15, 0.2) is 36.0 Å². The highest BCUT2D eigenvalue weighted by Gasteiger charge is 2.08. The fourth-order valence-electron chi connectivity index (χ4n) is 1.52. The van der Waals surface area contributed by atoms with Crippen LogP contribution < -0.4 is 5.32 Å². The number of carbonyl (C=O) groups is 1. The molecule has 2 heterocycles. The Labute approximate surface area is 105 Å². The molecule has 0 fully saturated rings. The number of amides is 1. The Kier molecular flexibility index (Phi) is 3.88. The molecule has 0 aliphatic rings. The first-order valence-corrected chi connectivity index (χ1v) is 6.46. The van der Waals surface area contributed by atoms with E-state index in [4.69, 9.17) is 0 Å². The summed E-state index contributed by atoms with van der Waals surface area (Å²) in [7, 11) is 0. The Morgan fingerprint density at radius 3 is 2.88 bits per heavy atom. The Morgan fingerprint density at radius 2 is 2.18 bits per heavy atom. The van der Waals surface area contributed by atoms with Crippen molar-refractivity contribution in [3.05, 3.63) is 46.4 Å². The van der Waals surface area contributed by atoms with E-state index in [1.165, 1.54) is 4.88 Å².